The summed E-state index contributed by atoms with van der Waals surface area (Å²) in [5.41, 5.74) is 0. The summed E-state index contributed by atoms with van der Waals surface area (Å²) in [6.45, 7) is 1.95. The minimum atomic E-state index is -1.22. The third-order valence-electron chi connectivity index (χ3n) is 3.76. The van der Waals surface area contributed by atoms with E-state index in [9.17, 15) is 33.9 Å². The van der Waals surface area contributed by atoms with Gasteiger partial charge < -0.3 is 31.2 Å². The molecule has 168 valence electrons. The molecule has 14 heteroatoms. The van der Waals surface area contributed by atoms with Crippen LogP contribution in [0.15, 0.2) is 0 Å². The molecule has 0 radical (unpaired) electrons. The quantitative estimate of drug-likeness (QED) is 0.313. The van der Waals surface area contributed by atoms with E-state index in [4.69, 9.17) is 0 Å². The van der Waals surface area contributed by atoms with Gasteiger partial charge in [-0.25, -0.2) is 4.79 Å². The van der Waals surface area contributed by atoms with Crippen molar-refractivity contribution < 1.29 is 33.9 Å². The normalized spacial score (nSPS) is 25.6. The van der Waals surface area contributed by atoms with Gasteiger partial charge in [0.2, 0.25) is 23.6 Å². The molecule has 1 aliphatic heterocycles. The van der Waals surface area contributed by atoms with E-state index in [1.165, 1.54) is 45.3 Å². The number of carbonyl (C=O) groups excluding carboxylic acids is 5. The van der Waals surface area contributed by atoms with Crippen molar-refractivity contribution in [3.63, 3.8) is 0 Å². The first kappa shape index (κ1) is 26.1. The number of ketones is 1. The van der Waals surface area contributed by atoms with Gasteiger partial charge in [-0.05, 0) is 23.7 Å². The highest BCUT2D eigenvalue weighted by atomic mass is 33.5. The molecule has 4 amide bonds. The Kier molecular flexibility index (Phi) is 11.7. The van der Waals surface area contributed by atoms with Crippen molar-refractivity contribution in [2.75, 3.05) is 24.6 Å². The molecule has 0 saturated carbocycles. The Balaban J connectivity index is 2.86. The molecule has 0 bridgehead atoms. The highest BCUT2D eigenvalue weighted by Crippen LogP contribution is 2.36. The molecular formula is C16H24N4O7S3. The molecule has 1 rings (SSSR count). The number of Topliss-reactive ketones (excluding diaryl/α,β-unsaturated/α-hetero) is 1. The lowest BCUT2D eigenvalue weighted by molar-refractivity contribution is -0.141. The second-order valence-corrected chi connectivity index (χ2v) is 10.7. The Hall–Kier alpha value is -1.93. The van der Waals surface area contributed by atoms with Crippen molar-refractivity contribution in [1.82, 2.24) is 21.3 Å². The highest BCUT2D eigenvalue weighted by molar-refractivity contribution is 9.09. The van der Waals surface area contributed by atoms with Crippen LogP contribution in [0.4, 0.5) is 0 Å². The van der Waals surface area contributed by atoms with Gasteiger partial charge in [-0.3, -0.25) is 19.2 Å². The minimum Gasteiger partial charge on any atom is -0.480 e. The Morgan fingerprint density at radius 2 is 1.60 bits per heavy atom. The number of rotatable bonds is 3. The summed E-state index contributed by atoms with van der Waals surface area (Å²) < 4.78 is 0. The van der Waals surface area contributed by atoms with Gasteiger partial charge in [0.1, 0.15) is 17.9 Å². The van der Waals surface area contributed by atoms with E-state index in [-0.39, 0.29) is 23.7 Å². The Morgan fingerprint density at radius 1 is 0.967 bits per heavy atom. The van der Waals surface area contributed by atoms with E-state index in [1.807, 2.05) is 0 Å². The molecule has 1 aliphatic rings. The van der Waals surface area contributed by atoms with Crippen LogP contribution in [-0.4, -0.2) is 77.2 Å². The van der Waals surface area contributed by atoms with Crippen LogP contribution in [0, 0.1) is 5.92 Å². The van der Waals surface area contributed by atoms with Crippen LogP contribution in [0.1, 0.15) is 20.3 Å². The monoisotopic (exact) mass is 480 g/mol. The molecule has 1 saturated heterocycles. The average molecular weight is 481 g/mol. The minimum absolute atomic E-state index is 0.00534. The van der Waals surface area contributed by atoms with Crippen molar-refractivity contribution in [3.8, 4) is 0 Å². The zero-order chi connectivity index (χ0) is 22.7. The van der Waals surface area contributed by atoms with Crippen LogP contribution in [0.5, 0.6) is 0 Å². The summed E-state index contributed by atoms with van der Waals surface area (Å²) in [5, 5.41) is 18.7. The summed E-state index contributed by atoms with van der Waals surface area (Å²) in [5.74, 6) is -4.15. The second-order valence-electron chi connectivity index (χ2n) is 6.42. The van der Waals surface area contributed by atoms with Gasteiger partial charge in [0.15, 0.2) is 0 Å². The van der Waals surface area contributed by atoms with Crippen molar-refractivity contribution in [2.45, 2.75) is 32.4 Å². The lowest BCUT2D eigenvalue weighted by Gasteiger charge is -2.19. The zero-order valence-electron chi connectivity index (χ0n) is 16.4. The summed E-state index contributed by atoms with van der Waals surface area (Å²) in [4.78, 5) is 71.0. The van der Waals surface area contributed by atoms with Gasteiger partial charge in [0.05, 0.1) is 19.0 Å². The molecule has 0 aromatic heterocycles. The number of carboxylic acid groups (broad SMARTS) is 1. The molecule has 30 heavy (non-hydrogen) atoms. The largest absolute Gasteiger partial charge is 0.480 e. The topological polar surface area (TPSA) is 171 Å². The van der Waals surface area contributed by atoms with Gasteiger partial charge in [-0.2, -0.15) is 0 Å². The fourth-order valence-corrected chi connectivity index (χ4v) is 6.22. The Bertz CT molecular complexity index is 692. The number of hydrogen-bond acceptors (Lipinski definition) is 9. The van der Waals surface area contributed by atoms with Gasteiger partial charge in [-0.1, -0.05) is 21.6 Å². The first-order valence-electron chi connectivity index (χ1n) is 8.87. The molecule has 1 heterocycles. The molecule has 1 fully saturated rings. The fourth-order valence-electron chi connectivity index (χ4n) is 2.19. The van der Waals surface area contributed by atoms with Gasteiger partial charge in [0, 0.05) is 17.9 Å². The first-order valence-corrected chi connectivity index (χ1v) is 12.7. The molecule has 11 nitrogen and oxygen atoms in total. The maximum atomic E-state index is 12.5. The average Bonchev–Trinajstić information content (AvgIpc) is 2.66. The van der Waals surface area contributed by atoms with E-state index in [0.717, 1.165) is 0 Å². The maximum Gasteiger partial charge on any atom is 0.327 e. The van der Waals surface area contributed by atoms with Crippen molar-refractivity contribution in [3.05, 3.63) is 0 Å². The summed E-state index contributed by atoms with van der Waals surface area (Å²) in [7, 11) is 3.68. The standard InChI is InChI=1S/C16H24N4O7S3/c1-8(21)3-10-6-28-30-29-7-11(16(26)27)20-13(23)5-17-12(22)4-18-14(24)9(2)19-15(10)25/h9-11H,3-7H2,1-2H3,(H,17,22)(H,18,24)(H,19,25)(H,20,23)(H,26,27)/t9-,10-,11-/m0/s1. The van der Waals surface area contributed by atoms with E-state index in [0.29, 0.717) is 0 Å². The van der Waals surface area contributed by atoms with Crippen LogP contribution in [0.25, 0.3) is 0 Å². The molecule has 0 unspecified atom stereocenters. The number of nitrogens with one attached hydrogen (secondary N) is 4. The molecule has 5 N–H and O–H groups in total. The molecule has 0 spiro atoms. The SMILES string of the molecule is CC(=O)C[C@H]1CSSSC[C@@H](C(=O)O)NC(=O)CNC(=O)CNC(=O)[C@H](C)NC1=O. The van der Waals surface area contributed by atoms with E-state index < -0.39 is 60.7 Å². The maximum absolute atomic E-state index is 12.5. The zero-order valence-corrected chi connectivity index (χ0v) is 18.8. The third kappa shape index (κ3) is 10.2. The summed E-state index contributed by atoms with van der Waals surface area (Å²) >= 11 is 0. The predicted molar refractivity (Wildman–Crippen MR) is 114 cm³/mol. The van der Waals surface area contributed by atoms with E-state index in [1.54, 1.807) is 0 Å². The van der Waals surface area contributed by atoms with Crippen molar-refractivity contribution in [2.24, 2.45) is 5.92 Å². The lowest BCUT2D eigenvalue weighted by atomic mass is 10.0. The first-order chi connectivity index (χ1) is 14.1. The number of carboxylic acids is 1. The third-order valence-corrected chi connectivity index (χ3v) is 8.09. The predicted octanol–water partition coefficient (Wildman–Crippen LogP) is -1.07. The molecule has 3 atom stereocenters. The van der Waals surface area contributed by atoms with Gasteiger partial charge in [0.25, 0.3) is 0 Å². The van der Waals surface area contributed by atoms with E-state index in [2.05, 4.69) is 21.3 Å². The van der Waals surface area contributed by atoms with Crippen LogP contribution in [0.3, 0.4) is 0 Å². The molecule has 0 aromatic carbocycles. The Labute approximate surface area is 184 Å². The number of carbonyl (C=O) groups is 6. The highest BCUT2D eigenvalue weighted by Gasteiger charge is 2.25. The van der Waals surface area contributed by atoms with Gasteiger partial charge in [-0.15, -0.1) is 0 Å². The van der Waals surface area contributed by atoms with Crippen LogP contribution >= 0.6 is 31.4 Å². The number of aliphatic carboxylic acids is 1. The van der Waals surface area contributed by atoms with Gasteiger partial charge >= 0.3 is 5.97 Å². The number of amides is 4. The summed E-state index contributed by atoms with van der Waals surface area (Å²) in [6.07, 6.45) is -0.00534. The second kappa shape index (κ2) is 13.4. The molecular weight excluding hydrogens is 456 g/mol. The van der Waals surface area contributed by atoms with Crippen molar-refractivity contribution in [1.29, 1.82) is 0 Å². The van der Waals surface area contributed by atoms with Crippen LogP contribution in [0.2, 0.25) is 0 Å². The van der Waals surface area contributed by atoms with Crippen LogP contribution < -0.4 is 21.3 Å². The van der Waals surface area contributed by atoms with Crippen molar-refractivity contribution >= 4 is 66.8 Å². The number of hydrogen-bond donors (Lipinski definition) is 5. The van der Waals surface area contributed by atoms with E-state index >= 15 is 0 Å². The molecule has 0 aromatic rings. The van der Waals surface area contributed by atoms with Crippen LogP contribution in [-0.2, 0) is 28.8 Å². The fraction of sp³-hybridized carbons (Fsp3) is 0.625. The lowest BCUT2D eigenvalue weighted by Crippen LogP contribution is -2.50. The Morgan fingerprint density at radius 3 is 2.23 bits per heavy atom. The summed E-state index contributed by atoms with van der Waals surface area (Å²) in [6, 6.07) is -2.09. The molecule has 0 aliphatic carbocycles. The smallest absolute Gasteiger partial charge is 0.327 e.